The van der Waals surface area contributed by atoms with Crippen LogP contribution in [0.2, 0.25) is 0 Å². The van der Waals surface area contributed by atoms with Crippen molar-refractivity contribution in [2.24, 2.45) is 0 Å². The van der Waals surface area contributed by atoms with Crippen LogP contribution in [0.5, 0.6) is 0 Å². The van der Waals surface area contributed by atoms with Crippen LogP contribution >= 0.6 is 11.3 Å². The van der Waals surface area contributed by atoms with Crippen molar-refractivity contribution in [3.8, 4) is 10.6 Å². The molecule has 0 fully saturated rings. The number of nitrogens with zero attached hydrogens (tertiary/aromatic N) is 2. The number of rotatable bonds is 5. The molecule has 3 nitrogen and oxygen atoms in total. The smallest absolute Gasteiger partial charge is 0.205 e. The predicted molar refractivity (Wildman–Crippen MR) is 73.5 cm³/mol. The molecule has 1 aromatic heterocycles. The van der Waals surface area contributed by atoms with E-state index in [0.29, 0.717) is 0 Å². The lowest BCUT2D eigenvalue weighted by atomic mass is 10.1. The lowest BCUT2D eigenvalue weighted by molar-refractivity contribution is 0.922. The zero-order valence-corrected chi connectivity index (χ0v) is 11.0. The van der Waals surface area contributed by atoms with Gasteiger partial charge >= 0.3 is 0 Å². The quantitative estimate of drug-likeness (QED) is 0.877. The second-order valence-corrected chi connectivity index (χ2v) is 4.87. The van der Waals surface area contributed by atoms with E-state index in [9.17, 15) is 0 Å². The number of aryl methyl sites for hydroxylation is 1. The molecular formula is C13H17N3S. The molecule has 2 aromatic rings. The molecule has 0 saturated heterocycles. The summed E-state index contributed by atoms with van der Waals surface area (Å²) >= 11 is 1.60. The highest BCUT2D eigenvalue weighted by atomic mass is 32.1. The number of nitrogens with one attached hydrogen (secondary N) is 1. The third kappa shape index (κ3) is 3.03. The standard InChI is InChI=1S/C13H17N3S/c1-3-6-10-7-5-8-11(9-10)12-15-16-13(17-12)14-4-2/h5,7-9H,3-4,6H2,1-2H3,(H,14,16). The van der Waals surface area contributed by atoms with Crippen LogP contribution in [0.4, 0.5) is 5.13 Å². The van der Waals surface area contributed by atoms with E-state index in [2.05, 4.69) is 53.6 Å². The summed E-state index contributed by atoms with van der Waals surface area (Å²) in [7, 11) is 0. The molecule has 4 heteroatoms. The Kier molecular flexibility index (Phi) is 4.09. The number of hydrogen-bond acceptors (Lipinski definition) is 4. The maximum atomic E-state index is 4.21. The zero-order valence-electron chi connectivity index (χ0n) is 10.2. The molecular weight excluding hydrogens is 230 g/mol. The van der Waals surface area contributed by atoms with Crippen LogP contribution in [0.1, 0.15) is 25.8 Å². The molecule has 0 bridgehead atoms. The van der Waals surface area contributed by atoms with E-state index in [1.165, 1.54) is 12.0 Å². The molecule has 0 unspecified atom stereocenters. The molecule has 1 heterocycles. The minimum absolute atomic E-state index is 0.879. The number of anilines is 1. The molecule has 0 saturated carbocycles. The van der Waals surface area contributed by atoms with Gasteiger partial charge in [-0.05, 0) is 25.0 Å². The lowest BCUT2D eigenvalue weighted by Crippen LogP contribution is -1.94. The molecule has 0 spiro atoms. The summed E-state index contributed by atoms with van der Waals surface area (Å²) in [6, 6.07) is 8.56. The third-order valence-electron chi connectivity index (χ3n) is 2.47. The van der Waals surface area contributed by atoms with E-state index >= 15 is 0 Å². The van der Waals surface area contributed by atoms with E-state index in [0.717, 1.165) is 28.7 Å². The number of aromatic nitrogens is 2. The molecule has 0 aliphatic heterocycles. The topological polar surface area (TPSA) is 37.8 Å². The Balaban J connectivity index is 2.22. The van der Waals surface area contributed by atoms with Gasteiger partial charge in [0.1, 0.15) is 5.01 Å². The van der Waals surface area contributed by atoms with E-state index in [1.54, 1.807) is 11.3 Å². The fourth-order valence-corrected chi connectivity index (χ4v) is 2.52. The molecule has 1 aromatic carbocycles. The fourth-order valence-electron chi connectivity index (χ4n) is 1.71. The van der Waals surface area contributed by atoms with Gasteiger partial charge in [0.2, 0.25) is 5.13 Å². The molecule has 0 aliphatic carbocycles. The third-order valence-corrected chi connectivity index (χ3v) is 3.40. The number of hydrogen-bond donors (Lipinski definition) is 1. The summed E-state index contributed by atoms with van der Waals surface area (Å²) in [5.74, 6) is 0. The van der Waals surface area contributed by atoms with Gasteiger partial charge in [0, 0.05) is 12.1 Å². The molecule has 0 atom stereocenters. The van der Waals surface area contributed by atoms with Crippen LogP contribution in [0.25, 0.3) is 10.6 Å². The van der Waals surface area contributed by atoms with Crippen LogP contribution in [-0.2, 0) is 6.42 Å². The summed E-state index contributed by atoms with van der Waals surface area (Å²) in [5, 5.41) is 13.4. The highest BCUT2D eigenvalue weighted by Gasteiger charge is 2.06. The SMILES string of the molecule is CCCc1cccc(-c2nnc(NCC)s2)c1. The van der Waals surface area contributed by atoms with Crippen molar-refractivity contribution in [2.45, 2.75) is 26.7 Å². The second kappa shape index (κ2) is 5.77. The average Bonchev–Trinajstić information content (AvgIpc) is 2.79. The van der Waals surface area contributed by atoms with Crippen molar-refractivity contribution < 1.29 is 0 Å². The Hall–Kier alpha value is -1.42. The van der Waals surface area contributed by atoms with Crippen LogP contribution in [0, 0.1) is 0 Å². The summed E-state index contributed by atoms with van der Waals surface area (Å²) < 4.78 is 0. The summed E-state index contributed by atoms with van der Waals surface area (Å²) in [6.07, 6.45) is 2.29. The summed E-state index contributed by atoms with van der Waals surface area (Å²) in [5.41, 5.74) is 2.53. The maximum absolute atomic E-state index is 4.21. The first kappa shape index (κ1) is 12.0. The summed E-state index contributed by atoms with van der Waals surface area (Å²) in [4.78, 5) is 0. The first-order chi connectivity index (χ1) is 8.33. The molecule has 17 heavy (non-hydrogen) atoms. The van der Waals surface area contributed by atoms with Gasteiger partial charge in [-0.2, -0.15) is 0 Å². The van der Waals surface area contributed by atoms with Crippen LogP contribution < -0.4 is 5.32 Å². The second-order valence-electron chi connectivity index (χ2n) is 3.89. The predicted octanol–water partition coefficient (Wildman–Crippen LogP) is 3.59. The van der Waals surface area contributed by atoms with Crippen molar-refractivity contribution in [2.75, 3.05) is 11.9 Å². The fraction of sp³-hybridized carbons (Fsp3) is 0.385. The molecule has 0 aliphatic rings. The minimum atomic E-state index is 0.879. The molecule has 2 rings (SSSR count). The van der Waals surface area contributed by atoms with Gasteiger partial charge in [-0.1, -0.05) is 42.9 Å². The monoisotopic (exact) mass is 247 g/mol. The van der Waals surface area contributed by atoms with Gasteiger partial charge in [0.25, 0.3) is 0 Å². The lowest BCUT2D eigenvalue weighted by Gasteiger charge is -2.00. The normalized spacial score (nSPS) is 10.5. The van der Waals surface area contributed by atoms with Crippen molar-refractivity contribution >= 4 is 16.5 Å². The zero-order chi connectivity index (χ0) is 12.1. The van der Waals surface area contributed by atoms with Crippen LogP contribution in [0.15, 0.2) is 24.3 Å². The average molecular weight is 247 g/mol. The molecule has 90 valence electrons. The van der Waals surface area contributed by atoms with Crippen molar-refractivity contribution in [3.63, 3.8) is 0 Å². The van der Waals surface area contributed by atoms with Crippen molar-refractivity contribution in [3.05, 3.63) is 29.8 Å². The molecule has 0 radical (unpaired) electrons. The van der Waals surface area contributed by atoms with E-state index in [-0.39, 0.29) is 0 Å². The Morgan fingerprint density at radius 2 is 2.12 bits per heavy atom. The highest BCUT2D eigenvalue weighted by molar-refractivity contribution is 7.18. The largest absolute Gasteiger partial charge is 0.360 e. The Labute approximate surface area is 106 Å². The van der Waals surface area contributed by atoms with Crippen molar-refractivity contribution in [1.29, 1.82) is 0 Å². The van der Waals surface area contributed by atoms with E-state index in [4.69, 9.17) is 0 Å². The Bertz CT molecular complexity index is 479. The van der Waals surface area contributed by atoms with Gasteiger partial charge in [0.05, 0.1) is 0 Å². The van der Waals surface area contributed by atoms with Gasteiger partial charge in [-0.25, -0.2) is 0 Å². The van der Waals surface area contributed by atoms with Crippen LogP contribution in [-0.4, -0.2) is 16.7 Å². The van der Waals surface area contributed by atoms with E-state index < -0.39 is 0 Å². The van der Waals surface area contributed by atoms with Gasteiger partial charge in [-0.3, -0.25) is 0 Å². The minimum Gasteiger partial charge on any atom is -0.360 e. The van der Waals surface area contributed by atoms with Crippen LogP contribution in [0.3, 0.4) is 0 Å². The summed E-state index contributed by atoms with van der Waals surface area (Å²) in [6.45, 7) is 5.13. The van der Waals surface area contributed by atoms with Crippen molar-refractivity contribution in [1.82, 2.24) is 10.2 Å². The molecule has 1 N–H and O–H groups in total. The first-order valence-electron chi connectivity index (χ1n) is 6.00. The molecule has 0 amide bonds. The van der Waals surface area contributed by atoms with Gasteiger partial charge < -0.3 is 5.32 Å². The van der Waals surface area contributed by atoms with Gasteiger partial charge in [0.15, 0.2) is 0 Å². The Morgan fingerprint density at radius 3 is 2.88 bits per heavy atom. The Morgan fingerprint density at radius 1 is 1.24 bits per heavy atom. The maximum Gasteiger partial charge on any atom is 0.205 e. The number of benzene rings is 1. The van der Waals surface area contributed by atoms with E-state index in [1.807, 2.05) is 0 Å². The van der Waals surface area contributed by atoms with Gasteiger partial charge in [-0.15, -0.1) is 10.2 Å². The first-order valence-corrected chi connectivity index (χ1v) is 6.81. The highest BCUT2D eigenvalue weighted by Crippen LogP contribution is 2.26.